The van der Waals surface area contributed by atoms with E-state index in [2.05, 4.69) is 13.8 Å². The van der Waals surface area contributed by atoms with Crippen molar-refractivity contribution in [2.24, 2.45) is 0 Å². The van der Waals surface area contributed by atoms with Crippen molar-refractivity contribution < 1.29 is 19.3 Å². The average molecular weight is 565 g/mol. The van der Waals surface area contributed by atoms with Crippen LogP contribution in [0.3, 0.4) is 0 Å². The summed E-state index contributed by atoms with van der Waals surface area (Å²) in [5.41, 5.74) is 3.87. The van der Waals surface area contributed by atoms with Gasteiger partial charge in [0.15, 0.2) is 0 Å². The van der Waals surface area contributed by atoms with Gasteiger partial charge in [-0.15, -0.1) is 0 Å². The molecule has 6 heteroatoms. The summed E-state index contributed by atoms with van der Waals surface area (Å²) in [6.45, 7) is 4.31. The van der Waals surface area contributed by atoms with Gasteiger partial charge in [-0.1, -0.05) is 146 Å². The Labute approximate surface area is 249 Å². The van der Waals surface area contributed by atoms with Crippen molar-refractivity contribution in [2.45, 2.75) is 64.6 Å². The van der Waals surface area contributed by atoms with E-state index in [1.54, 1.807) is 0 Å². The summed E-state index contributed by atoms with van der Waals surface area (Å²) in [4.78, 5) is 40.3. The Bertz CT molecular complexity index is 1240. The number of carbonyl (C=O) groups excluding carboxylic acids is 2. The Hall–Kier alpha value is -4.26. The first-order chi connectivity index (χ1) is 20.6. The molecule has 0 aliphatic rings. The third kappa shape index (κ3) is 8.87. The van der Waals surface area contributed by atoms with Crippen LogP contribution in [-0.2, 0) is 32.5 Å². The van der Waals surface area contributed by atoms with Crippen LogP contribution in [0.2, 0.25) is 0 Å². The standard InChI is InChI=1S/C36H40N2O4/c1-3-31(33-21-13-7-14-22-33)25-35(39)37(41-27-29-17-9-5-10-18-29)38(42-28-30-19-11-6-12-20-30)36(40)26-32(4-2)34-23-15-8-16-24-34/h5-24,31-32H,3-4,25-28H2,1-2H3. The third-order valence-electron chi connectivity index (χ3n) is 7.35. The molecule has 0 radical (unpaired) electrons. The largest absolute Gasteiger partial charge is 0.270 e. The van der Waals surface area contributed by atoms with Crippen molar-refractivity contribution in [3.63, 3.8) is 0 Å². The van der Waals surface area contributed by atoms with Gasteiger partial charge in [-0.2, -0.15) is 0 Å². The highest BCUT2D eigenvalue weighted by molar-refractivity contribution is 5.81. The fourth-order valence-corrected chi connectivity index (χ4v) is 4.90. The number of benzene rings is 4. The minimum Gasteiger partial charge on any atom is -0.270 e. The first-order valence-electron chi connectivity index (χ1n) is 14.7. The molecule has 4 rings (SSSR count). The first kappa shape index (κ1) is 30.7. The Morgan fingerprint density at radius 3 is 1.14 bits per heavy atom. The van der Waals surface area contributed by atoms with Crippen molar-refractivity contribution in [1.29, 1.82) is 0 Å². The SMILES string of the molecule is CCC(CC(=O)N(OCc1ccccc1)N(OCc1ccccc1)C(=O)CC(CC)c1ccccc1)c1ccccc1. The highest BCUT2D eigenvalue weighted by Crippen LogP contribution is 2.28. The van der Waals surface area contributed by atoms with Crippen LogP contribution < -0.4 is 0 Å². The molecule has 0 saturated heterocycles. The van der Waals surface area contributed by atoms with E-state index in [0.717, 1.165) is 45.4 Å². The number of hydroxylamine groups is 2. The lowest BCUT2D eigenvalue weighted by Gasteiger charge is -2.33. The van der Waals surface area contributed by atoms with Crippen LogP contribution in [0.5, 0.6) is 0 Å². The molecule has 0 spiro atoms. The number of hydrazine groups is 1. The fraction of sp³-hybridized carbons (Fsp3) is 0.278. The van der Waals surface area contributed by atoms with Crippen molar-refractivity contribution in [3.05, 3.63) is 144 Å². The topological polar surface area (TPSA) is 59.1 Å². The Balaban J connectivity index is 1.63. The van der Waals surface area contributed by atoms with Crippen molar-refractivity contribution >= 4 is 11.8 Å². The van der Waals surface area contributed by atoms with E-state index in [4.69, 9.17) is 9.68 Å². The van der Waals surface area contributed by atoms with E-state index in [9.17, 15) is 9.59 Å². The van der Waals surface area contributed by atoms with Gasteiger partial charge in [0.1, 0.15) is 13.2 Å². The van der Waals surface area contributed by atoms with Crippen molar-refractivity contribution in [2.75, 3.05) is 0 Å². The van der Waals surface area contributed by atoms with Crippen molar-refractivity contribution in [1.82, 2.24) is 10.3 Å². The molecular weight excluding hydrogens is 524 g/mol. The smallest absolute Gasteiger partial charge is 0.270 e. The van der Waals surface area contributed by atoms with E-state index in [-0.39, 0.29) is 49.7 Å². The normalized spacial score (nSPS) is 12.3. The average Bonchev–Trinajstić information content (AvgIpc) is 3.05. The highest BCUT2D eigenvalue weighted by atomic mass is 16.8. The molecule has 0 aromatic heterocycles. The number of amides is 2. The zero-order valence-corrected chi connectivity index (χ0v) is 24.5. The van der Waals surface area contributed by atoms with Gasteiger partial charge in [-0.25, -0.2) is 9.68 Å². The quantitative estimate of drug-likeness (QED) is 0.146. The van der Waals surface area contributed by atoms with E-state index < -0.39 is 0 Å². The van der Waals surface area contributed by atoms with Crippen molar-refractivity contribution in [3.8, 4) is 0 Å². The molecular formula is C36H40N2O4. The molecule has 0 bridgehead atoms. The minimum absolute atomic E-state index is 0.0414. The second-order valence-corrected chi connectivity index (χ2v) is 10.3. The molecule has 218 valence electrons. The molecule has 42 heavy (non-hydrogen) atoms. The third-order valence-corrected chi connectivity index (χ3v) is 7.35. The second-order valence-electron chi connectivity index (χ2n) is 10.3. The van der Waals surface area contributed by atoms with Gasteiger partial charge in [0, 0.05) is 12.8 Å². The second kappa shape index (κ2) is 16.2. The molecule has 4 aromatic carbocycles. The summed E-state index contributed by atoms with van der Waals surface area (Å²) < 4.78 is 0. The maximum Gasteiger partial charge on any atom is 0.270 e. The van der Waals surface area contributed by atoms with Crippen LogP contribution in [0.25, 0.3) is 0 Å². The lowest BCUT2D eigenvalue weighted by molar-refractivity contribution is -0.371. The van der Waals surface area contributed by atoms with Gasteiger partial charge in [-0.05, 0) is 46.9 Å². The zero-order valence-electron chi connectivity index (χ0n) is 24.5. The lowest BCUT2D eigenvalue weighted by atomic mass is 9.93. The monoisotopic (exact) mass is 564 g/mol. The molecule has 0 aliphatic heterocycles. The van der Waals surface area contributed by atoms with Crippen LogP contribution in [0.15, 0.2) is 121 Å². The molecule has 2 amide bonds. The molecule has 2 unspecified atom stereocenters. The van der Waals surface area contributed by atoms with E-state index in [1.165, 1.54) is 0 Å². The van der Waals surface area contributed by atoms with Gasteiger partial charge in [0.25, 0.3) is 11.8 Å². The maximum absolute atomic E-state index is 14.0. The minimum atomic E-state index is -0.351. The molecule has 4 aromatic rings. The molecule has 0 saturated carbocycles. The van der Waals surface area contributed by atoms with Crippen LogP contribution in [0.4, 0.5) is 0 Å². The summed E-state index contributed by atoms with van der Waals surface area (Å²) in [5.74, 6) is -0.785. The fourth-order valence-electron chi connectivity index (χ4n) is 4.90. The first-order valence-corrected chi connectivity index (χ1v) is 14.7. The van der Waals surface area contributed by atoms with Gasteiger partial charge in [0.05, 0.1) is 0 Å². The molecule has 0 aliphatic carbocycles. The summed E-state index contributed by atoms with van der Waals surface area (Å²) in [6, 6.07) is 39.1. The highest BCUT2D eigenvalue weighted by Gasteiger charge is 2.32. The number of hydrogen-bond donors (Lipinski definition) is 0. The van der Waals surface area contributed by atoms with Gasteiger partial charge < -0.3 is 0 Å². The molecule has 0 N–H and O–H groups in total. The van der Waals surface area contributed by atoms with Crippen LogP contribution in [0.1, 0.15) is 73.6 Å². The van der Waals surface area contributed by atoms with E-state index >= 15 is 0 Å². The number of nitrogens with zero attached hydrogens (tertiary/aromatic N) is 2. The van der Waals surface area contributed by atoms with Crippen LogP contribution in [-0.4, -0.2) is 22.2 Å². The Morgan fingerprint density at radius 1 is 0.524 bits per heavy atom. The number of rotatable bonds is 14. The Morgan fingerprint density at radius 2 is 0.833 bits per heavy atom. The number of hydrogen-bond acceptors (Lipinski definition) is 4. The summed E-state index contributed by atoms with van der Waals surface area (Å²) in [5, 5.41) is 2.09. The number of carbonyl (C=O) groups is 2. The van der Waals surface area contributed by atoms with Gasteiger partial charge in [-0.3, -0.25) is 9.59 Å². The molecule has 2 atom stereocenters. The van der Waals surface area contributed by atoms with E-state index in [0.29, 0.717) is 0 Å². The zero-order chi connectivity index (χ0) is 29.6. The molecule has 0 fully saturated rings. The van der Waals surface area contributed by atoms with Gasteiger partial charge >= 0.3 is 0 Å². The van der Waals surface area contributed by atoms with E-state index in [1.807, 2.05) is 121 Å². The maximum atomic E-state index is 14.0. The predicted octanol–water partition coefficient (Wildman–Crippen LogP) is 7.99. The summed E-state index contributed by atoms with van der Waals surface area (Å²) in [7, 11) is 0. The summed E-state index contributed by atoms with van der Waals surface area (Å²) >= 11 is 0. The predicted molar refractivity (Wildman–Crippen MR) is 164 cm³/mol. The van der Waals surface area contributed by atoms with Gasteiger partial charge in [0.2, 0.25) is 0 Å². The van der Waals surface area contributed by atoms with Crippen LogP contribution >= 0.6 is 0 Å². The molecule has 0 heterocycles. The summed E-state index contributed by atoms with van der Waals surface area (Å²) in [6.07, 6.45) is 1.83. The Kier molecular flexibility index (Phi) is 11.9. The van der Waals surface area contributed by atoms with Crippen LogP contribution in [0, 0.1) is 0 Å². The lowest BCUT2D eigenvalue weighted by Crippen LogP contribution is -2.50. The molecule has 6 nitrogen and oxygen atoms in total.